The van der Waals surface area contributed by atoms with Crippen LogP contribution in [0, 0.1) is 5.82 Å². The number of quaternary nitrogens is 1. The summed E-state index contributed by atoms with van der Waals surface area (Å²) in [5, 5.41) is 13.2. The van der Waals surface area contributed by atoms with Crippen LogP contribution >= 0.6 is 0 Å². The fourth-order valence-corrected chi connectivity index (χ4v) is 6.13. The van der Waals surface area contributed by atoms with Gasteiger partial charge in [-0.1, -0.05) is 12.1 Å². The summed E-state index contributed by atoms with van der Waals surface area (Å²) in [4.78, 5) is 60.2. The number of carbonyl (C=O) groups is 4. The van der Waals surface area contributed by atoms with Crippen LogP contribution in [0.3, 0.4) is 0 Å². The van der Waals surface area contributed by atoms with E-state index in [4.69, 9.17) is 23.8 Å². The summed E-state index contributed by atoms with van der Waals surface area (Å²) in [7, 11) is 2.91. The summed E-state index contributed by atoms with van der Waals surface area (Å²) in [6.07, 6.45) is 1.96. The molecule has 2 aliphatic rings. The molecule has 2 atom stereocenters. The number of carboxylic acid groups (broad SMARTS) is 1. The number of benzene rings is 3. The predicted molar refractivity (Wildman–Crippen MR) is 178 cm³/mol. The molecule has 0 aromatic heterocycles. The normalized spacial score (nSPS) is 18.9. The van der Waals surface area contributed by atoms with Crippen molar-refractivity contribution in [3.63, 3.8) is 0 Å². The number of hydrogen-bond acceptors (Lipinski definition) is 10. The molecule has 2 aliphatic heterocycles. The molecule has 50 heavy (non-hydrogen) atoms. The van der Waals surface area contributed by atoms with Gasteiger partial charge in [-0.2, -0.15) is 4.79 Å². The van der Waals surface area contributed by atoms with E-state index in [1.807, 2.05) is 4.90 Å². The fraction of sp³-hybridized carbons (Fsp3) is 0.389. The molecule has 266 valence electrons. The monoisotopic (exact) mass is 694 g/mol. The van der Waals surface area contributed by atoms with Crippen LogP contribution in [0.1, 0.15) is 68.7 Å². The van der Waals surface area contributed by atoms with Crippen molar-refractivity contribution in [1.29, 1.82) is 0 Å². The van der Waals surface area contributed by atoms with E-state index in [1.54, 1.807) is 30.3 Å². The lowest BCUT2D eigenvalue weighted by molar-refractivity contribution is -1.03. The first-order valence-corrected chi connectivity index (χ1v) is 16.4. The Hall–Kier alpha value is -5.05. The first-order valence-electron chi connectivity index (χ1n) is 16.4. The van der Waals surface area contributed by atoms with Gasteiger partial charge < -0.3 is 34.3 Å². The highest BCUT2D eigenvalue weighted by atomic mass is 19.1. The predicted octanol–water partition coefficient (Wildman–Crippen LogP) is 5.17. The van der Waals surface area contributed by atoms with Gasteiger partial charge in [-0.3, -0.25) is 14.4 Å². The second-order valence-corrected chi connectivity index (χ2v) is 12.1. The van der Waals surface area contributed by atoms with Gasteiger partial charge in [0.2, 0.25) is 0 Å². The van der Waals surface area contributed by atoms with Gasteiger partial charge in [-0.15, -0.1) is 0 Å². The number of halogens is 1. The van der Waals surface area contributed by atoms with E-state index in [-0.39, 0.29) is 49.1 Å². The van der Waals surface area contributed by atoms with Crippen LogP contribution in [0.5, 0.6) is 11.5 Å². The Labute approximate surface area is 289 Å². The van der Waals surface area contributed by atoms with Crippen molar-refractivity contribution in [2.24, 2.45) is 0 Å². The number of nitrogens with zero attached hydrogens (tertiary/aromatic N) is 2. The van der Waals surface area contributed by atoms with Crippen molar-refractivity contribution in [2.45, 2.75) is 38.1 Å². The highest BCUT2D eigenvalue weighted by Gasteiger charge is 2.46. The van der Waals surface area contributed by atoms with Crippen LogP contribution in [0.15, 0.2) is 60.7 Å². The number of hydrogen-bond donors (Lipinski definition) is 2. The summed E-state index contributed by atoms with van der Waals surface area (Å²) in [6.45, 7) is 0.995. The first kappa shape index (κ1) is 36.2. The van der Waals surface area contributed by atoms with Gasteiger partial charge in [0.15, 0.2) is 31.7 Å². The Balaban J connectivity index is 1.30. The van der Waals surface area contributed by atoms with Gasteiger partial charge in [-0.25, -0.2) is 9.18 Å². The van der Waals surface area contributed by atoms with Crippen LogP contribution in [0.4, 0.5) is 14.9 Å². The smallest absolute Gasteiger partial charge is 0.468 e. The van der Waals surface area contributed by atoms with Crippen molar-refractivity contribution in [3.8, 4) is 11.5 Å². The lowest BCUT2D eigenvalue weighted by atomic mass is 9.99. The first-order chi connectivity index (χ1) is 24.2. The zero-order valence-electron chi connectivity index (χ0n) is 28.0. The third-order valence-corrected chi connectivity index (χ3v) is 8.71. The number of anilines is 1. The Morgan fingerprint density at radius 3 is 2.14 bits per heavy atom. The molecule has 3 aromatic rings. The van der Waals surface area contributed by atoms with Gasteiger partial charge in [0.1, 0.15) is 23.6 Å². The standard InChI is InChI=1S/C36H40FN3O10/c1-46-22-48-28-14-12-25(13-15-28)34(42)38-27-7-3-6-20-40(21-27,36(44)45)50-35(43)26-10-8-24(9-11-26)33(41)31-30(49-23-47-2)17-16-29(32(31)37)39-18-4-5-19-39/h8-17,27H,3-7,18-23H2,1-2H3,(H-,38,42,44,45)/p+1. The van der Waals surface area contributed by atoms with Crippen molar-refractivity contribution < 1.29 is 57.1 Å². The number of nitrogens with one attached hydrogen (secondary N) is 1. The van der Waals surface area contributed by atoms with Crippen LogP contribution in [0.25, 0.3) is 0 Å². The molecule has 2 saturated heterocycles. The van der Waals surface area contributed by atoms with Crippen molar-refractivity contribution in [2.75, 3.05) is 58.9 Å². The number of amides is 2. The molecule has 3 aromatic carbocycles. The minimum Gasteiger partial charge on any atom is -0.468 e. The largest absolute Gasteiger partial charge is 0.556 e. The fourth-order valence-electron chi connectivity index (χ4n) is 6.13. The summed E-state index contributed by atoms with van der Waals surface area (Å²) in [5.41, 5.74) is 0.461. The topological polar surface area (TPSA) is 150 Å². The number of likely N-dealkylation sites (tertiary alicyclic amines) is 1. The van der Waals surface area contributed by atoms with E-state index in [0.29, 0.717) is 49.4 Å². The zero-order valence-corrected chi connectivity index (χ0v) is 28.0. The lowest BCUT2D eigenvalue weighted by Gasteiger charge is -2.30. The average molecular weight is 695 g/mol. The quantitative estimate of drug-likeness (QED) is 0.147. The Morgan fingerprint density at radius 2 is 1.48 bits per heavy atom. The van der Waals surface area contributed by atoms with Crippen LogP contribution in [-0.2, 0) is 14.3 Å². The van der Waals surface area contributed by atoms with Crippen LogP contribution in [-0.4, -0.2) is 93.5 Å². The van der Waals surface area contributed by atoms with Gasteiger partial charge >= 0.3 is 12.1 Å². The molecule has 0 saturated carbocycles. The SMILES string of the molecule is COCOc1ccc(C(=O)NC2CCCC[N+](OC(=O)c3ccc(C(=O)c4c(OCOC)ccc(N5CCCC5)c4F)cc3)(C(=O)O)C2)cc1. The third kappa shape index (κ3) is 8.38. The number of ether oxygens (including phenoxy) is 4. The molecule has 0 aliphatic carbocycles. The summed E-state index contributed by atoms with van der Waals surface area (Å²) >= 11 is 0. The van der Waals surface area contributed by atoms with Gasteiger partial charge in [0.25, 0.3) is 5.91 Å². The third-order valence-electron chi connectivity index (χ3n) is 8.71. The summed E-state index contributed by atoms with van der Waals surface area (Å²) in [6, 6.07) is 14.3. The molecule has 2 N–H and O–H groups in total. The molecule has 0 radical (unpaired) electrons. The molecule has 0 bridgehead atoms. The van der Waals surface area contributed by atoms with E-state index in [9.17, 15) is 24.3 Å². The molecule has 0 spiro atoms. The van der Waals surface area contributed by atoms with E-state index < -0.39 is 40.3 Å². The maximum atomic E-state index is 15.9. The second-order valence-electron chi connectivity index (χ2n) is 12.1. The molecule has 2 heterocycles. The Kier molecular flexibility index (Phi) is 12.0. The van der Waals surface area contributed by atoms with Crippen molar-refractivity contribution in [3.05, 3.63) is 88.7 Å². The minimum atomic E-state index is -1.39. The van der Waals surface area contributed by atoms with E-state index >= 15 is 4.39 Å². The van der Waals surface area contributed by atoms with Gasteiger partial charge in [0.05, 0.1) is 17.3 Å². The molecule has 2 fully saturated rings. The number of methoxy groups -OCH3 is 2. The van der Waals surface area contributed by atoms with Gasteiger partial charge in [0, 0.05) is 44.9 Å². The maximum Gasteiger partial charge on any atom is 0.556 e. The van der Waals surface area contributed by atoms with Crippen molar-refractivity contribution >= 4 is 29.4 Å². The number of carbonyl (C=O) groups excluding carboxylic acids is 3. The molecular weight excluding hydrogens is 653 g/mol. The molecule has 2 unspecified atom stereocenters. The second kappa shape index (κ2) is 16.6. The lowest BCUT2D eigenvalue weighted by Crippen LogP contribution is -2.58. The van der Waals surface area contributed by atoms with E-state index in [1.165, 1.54) is 44.6 Å². The molecule has 14 heteroatoms. The van der Waals surface area contributed by atoms with Crippen LogP contribution in [0.2, 0.25) is 0 Å². The number of rotatable bonds is 12. The average Bonchev–Trinajstić information content (AvgIpc) is 3.58. The number of hydroxylamine groups is 3. The van der Waals surface area contributed by atoms with Gasteiger partial charge in [-0.05, 0) is 78.9 Å². The highest BCUT2D eigenvalue weighted by molar-refractivity contribution is 6.11. The minimum absolute atomic E-state index is 0.00750. The maximum absolute atomic E-state index is 15.9. The van der Waals surface area contributed by atoms with Crippen molar-refractivity contribution in [1.82, 2.24) is 5.32 Å². The Morgan fingerprint density at radius 1 is 0.840 bits per heavy atom. The number of ketones is 1. The summed E-state index contributed by atoms with van der Waals surface area (Å²) in [5.74, 6) is -2.18. The Bertz CT molecular complexity index is 1680. The molecule has 5 rings (SSSR count). The molecule has 2 amide bonds. The molecule has 13 nitrogen and oxygen atoms in total. The van der Waals surface area contributed by atoms with E-state index in [0.717, 1.165) is 12.8 Å². The van der Waals surface area contributed by atoms with Crippen LogP contribution < -0.4 is 19.7 Å². The highest BCUT2D eigenvalue weighted by Crippen LogP contribution is 2.34. The zero-order chi connectivity index (χ0) is 35.7. The summed E-state index contributed by atoms with van der Waals surface area (Å²) < 4.78 is 35.5. The van der Waals surface area contributed by atoms with E-state index in [2.05, 4.69) is 5.32 Å². The molecular formula is C36H41FN3O10+.